The first-order valence-corrected chi connectivity index (χ1v) is 11.1. The maximum Gasteiger partial charge on any atom is 0.226 e. The van der Waals surface area contributed by atoms with Gasteiger partial charge in [-0.3, -0.25) is 4.79 Å². The average Bonchev–Trinajstić information content (AvgIpc) is 3.19. The number of benzene rings is 3. The minimum Gasteiger partial charge on any atom is -0.493 e. The van der Waals surface area contributed by atoms with Crippen molar-refractivity contribution in [1.82, 2.24) is 9.78 Å². The number of anilines is 1. The van der Waals surface area contributed by atoms with E-state index in [1.165, 1.54) is 25.3 Å². The summed E-state index contributed by atoms with van der Waals surface area (Å²) in [7, 11) is 1.53. The smallest absolute Gasteiger partial charge is 0.226 e. The maximum absolute atomic E-state index is 14.2. The van der Waals surface area contributed by atoms with E-state index in [2.05, 4.69) is 10.4 Å². The van der Waals surface area contributed by atoms with Crippen molar-refractivity contribution in [1.29, 1.82) is 0 Å². The number of aryl methyl sites for hydroxylation is 1. The van der Waals surface area contributed by atoms with E-state index < -0.39 is 0 Å². The van der Waals surface area contributed by atoms with Gasteiger partial charge in [0, 0.05) is 29.0 Å². The fourth-order valence-corrected chi connectivity index (χ4v) is 4.47. The summed E-state index contributed by atoms with van der Waals surface area (Å²) in [5.74, 6) is 0.166. The average molecular weight is 475 g/mol. The fourth-order valence-electron chi connectivity index (χ4n) is 4.47. The largest absolute Gasteiger partial charge is 0.493 e. The van der Waals surface area contributed by atoms with Gasteiger partial charge in [-0.05, 0) is 43.3 Å². The number of hydrogen-bond donors (Lipinski definition) is 1. The van der Waals surface area contributed by atoms with E-state index in [1.807, 2.05) is 19.1 Å². The van der Waals surface area contributed by atoms with Crippen LogP contribution in [-0.4, -0.2) is 22.8 Å². The molecule has 0 unspecified atom stereocenters. The zero-order chi connectivity index (χ0) is 24.5. The number of nitrogens with zero attached hydrogens (tertiary/aromatic N) is 2. The van der Waals surface area contributed by atoms with Gasteiger partial charge < -0.3 is 14.8 Å². The summed E-state index contributed by atoms with van der Waals surface area (Å²) in [6.45, 7) is 1.86. The van der Waals surface area contributed by atoms with Crippen LogP contribution in [0.2, 0.25) is 0 Å². The third-order valence-corrected chi connectivity index (χ3v) is 6.11. The number of carbonyl (C=O) groups excluding carboxylic acids is 1. The Morgan fingerprint density at radius 3 is 2.57 bits per heavy atom. The molecule has 1 aromatic heterocycles. The van der Waals surface area contributed by atoms with E-state index in [0.29, 0.717) is 28.6 Å². The molecule has 1 aliphatic rings. The van der Waals surface area contributed by atoms with Gasteiger partial charge in [-0.25, -0.2) is 13.5 Å². The Kier molecular flexibility index (Phi) is 5.94. The number of aromatic nitrogens is 2. The van der Waals surface area contributed by atoms with E-state index in [0.717, 1.165) is 16.8 Å². The molecule has 1 atom stereocenters. The molecule has 0 radical (unpaired) electrons. The Morgan fingerprint density at radius 2 is 1.83 bits per heavy atom. The van der Waals surface area contributed by atoms with Crippen molar-refractivity contribution in [3.05, 3.63) is 101 Å². The second-order valence-electron chi connectivity index (χ2n) is 8.30. The molecule has 5 rings (SSSR count). The number of halogens is 2. The molecular weight excluding hydrogens is 452 g/mol. The molecule has 178 valence electrons. The summed E-state index contributed by atoms with van der Waals surface area (Å²) in [4.78, 5) is 12.8. The SMILES string of the molecule is COc1cccc([C@@H]2CC(=O)Nc3c2c(C)nn3-c2ccc(F)cc2)c1OCc1ccccc1F. The van der Waals surface area contributed by atoms with Gasteiger partial charge in [-0.2, -0.15) is 5.10 Å². The van der Waals surface area contributed by atoms with Crippen LogP contribution in [-0.2, 0) is 11.4 Å². The molecule has 6 nitrogen and oxygen atoms in total. The minimum absolute atomic E-state index is 0.000353. The first-order chi connectivity index (χ1) is 17.0. The molecule has 1 amide bonds. The molecule has 0 aliphatic carbocycles. The number of nitrogens with one attached hydrogen (secondary N) is 1. The van der Waals surface area contributed by atoms with Crippen LogP contribution in [0.3, 0.4) is 0 Å². The number of hydrogen-bond acceptors (Lipinski definition) is 4. The van der Waals surface area contributed by atoms with Crippen LogP contribution >= 0.6 is 0 Å². The van der Waals surface area contributed by atoms with E-state index in [9.17, 15) is 13.6 Å². The summed E-state index contributed by atoms with van der Waals surface area (Å²) in [6, 6.07) is 17.8. The third kappa shape index (κ3) is 4.23. The molecule has 0 saturated carbocycles. The number of para-hydroxylation sites is 1. The summed E-state index contributed by atoms with van der Waals surface area (Å²) in [5.41, 5.74) is 3.32. The lowest BCUT2D eigenvalue weighted by Gasteiger charge is -2.26. The second kappa shape index (κ2) is 9.21. The van der Waals surface area contributed by atoms with Crippen molar-refractivity contribution < 1.29 is 23.0 Å². The lowest BCUT2D eigenvalue weighted by Crippen LogP contribution is -2.25. The molecule has 1 N–H and O–H groups in total. The van der Waals surface area contributed by atoms with Gasteiger partial charge in [-0.15, -0.1) is 0 Å². The lowest BCUT2D eigenvalue weighted by molar-refractivity contribution is -0.116. The normalized spacial score (nSPS) is 14.9. The number of amides is 1. The van der Waals surface area contributed by atoms with Gasteiger partial charge >= 0.3 is 0 Å². The van der Waals surface area contributed by atoms with Gasteiger partial charge in [0.05, 0.1) is 18.5 Å². The summed E-state index contributed by atoms with van der Waals surface area (Å²) < 4.78 is 41.0. The Morgan fingerprint density at radius 1 is 1.06 bits per heavy atom. The molecule has 0 saturated heterocycles. The molecule has 1 aliphatic heterocycles. The van der Waals surface area contributed by atoms with Gasteiger partial charge in [-0.1, -0.05) is 30.3 Å². The van der Waals surface area contributed by atoms with Gasteiger partial charge in [0.25, 0.3) is 0 Å². The first-order valence-electron chi connectivity index (χ1n) is 11.1. The predicted molar refractivity (Wildman–Crippen MR) is 127 cm³/mol. The topological polar surface area (TPSA) is 65.4 Å². The Bertz CT molecular complexity index is 1400. The number of fused-ring (bicyclic) bond motifs is 1. The molecule has 4 aromatic rings. The van der Waals surface area contributed by atoms with Crippen LogP contribution in [0.4, 0.5) is 14.6 Å². The second-order valence-corrected chi connectivity index (χ2v) is 8.30. The third-order valence-electron chi connectivity index (χ3n) is 6.11. The standard InChI is InChI=1S/C27H23F2N3O3/c1-16-25-21(14-24(33)30-27(25)32(31-16)19-12-10-18(28)11-13-19)20-7-5-9-23(34-2)26(20)35-15-17-6-3-4-8-22(17)29/h3-13,21H,14-15H2,1-2H3,(H,30,33)/t21-/m0/s1. The van der Waals surface area contributed by atoms with Gasteiger partial charge in [0.1, 0.15) is 24.1 Å². The predicted octanol–water partition coefficient (Wildman–Crippen LogP) is 5.52. The van der Waals surface area contributed by atoms with Crippen molar-refractivity contribution in [3.8, 4) is 17.2 Å². The van der Waals surface area contributed by atoms with Crippen molar-refractivity contribution in [3.63, 3.8) is 0 Å². The summed E-state index contributed by atoms with van der Waals surface area (Å²) in [6.07, 6.45) is 0.173. The van der Waals surface area contributed by atoms with Crippen LogP contribution in [0.5, 0.6) is 11.5 Å². The monoisotopic (exact) mass is 475 g/mol. The van der Waals surface area contributed by atoms with Crippen LogP contribution in [0.25, 0.3) is 5.69 Å². The van der Waals surface area contributed by atoms with E-state index >= 15 is 0 Å². The maximum atomic E-state index is 14.2. The lowest BCUT2D eigenvalue weighted by atomic mass is 9.85. The highest BCUT2D eigenvalue weighted by molar-refractivity contribution is 5.95. The van der Waals surface area contributed by atoms with Crippen LogP contribution in [0.1, 0.15) is 34.7 Å². The number of ether oxygens (including phenoxy) is 2. The minimum atomic E-state index is -0.376. The van der Waals surface area contributed by atoms with Crippen molar-refractivity contribution in [2.45, 2.75) is 25.9 Å². The van der Waals surface area contributed by atoms with Crippen LogP contribution < -0.4 is 14.8 Å². The molecule has 0 spiro atoms. The number of rotatable bonds is 6. The zero-order valence-electron chi connectivity index (χ0n) is 19.2. The molecule has 3 aromatic carbocycles. The highest BCUT2D eigenvalue weighted by atomic mass is 19.1. The molecule has 0 fully saturated rings. The molecule has 35 heavy (non-hydrogen) atoms. The van der Waals surface area contributed by atoms with E-state index in [-0.39, 0.29) is 36.5 Å². The van der Waals surface area contributed by atoms with Crippen molar-refractivity contribution in [2.24, 2.45) is 0 Å². The molecule has 8 heteroatoms. The fraction of sp³-hybridized carbons (Fsp3) is 0.185. The molecule has 0 bridgehead atoms. The van der Waals surface area contributed by atoms with Gasteiger partial charge in [0.15, 0.2) is 11.5 Å². The molecule has 2 heterocycles. The molecular formula is C27H23F2N3O3. The van der Waals surface area contributed by atoms with Crippen LogP contribution in [0.15, 0.2) is 66.7 Å². The number of carbonyl (C=O) groups is 1. The Hall–Kier alpha value is -4.20. The van der Waals surface area contributed by atoms with Crippen LogP contribution in [0, 0.1) is 18.6 Å². The highest BCUT2D eigenvalue weighted by Crippen LogP contribution is 2.46. The Balaban J connectivity index is 1.59. The van der Waals surface area contributed by atoms with E-state index in [4.69, 9.17) is 9.47 Å². The van der Waals surface area contributed by atoms with Crippen molar-refractivity contribution in [2.75, 3.05) is 12.4 Å². The zero-order valence-corrected chi connectivity index (χ0v) is 19.2. The van der Waals surface area contributed by atoms with E-state index in [1.54, 1.807) is 41.1 Å². The summed E-state index contributed by atoms with van der Waals surface area (Å²) in [5, 5.41) is 7.56. The highest BCUT2D eigenvalue weighted by Gasteiger charge is 2.35. The summed E-state index contributed by atoms with van der Waals surface area (Å²) >= 11 is 0. The quantitative estimate of drug-likeness (QED) is 0.399. The first kappa shape index (κ1) is 22.6. The van der Waals surface area contributed by atoms with Crippen molar-refractivity contribution >= 4 is 11.7 Å². The number of methoxy groups -OCH3 is 1. The van der Waals surface area contributed by atoms with Gasteiger partial charge in [0.2, 0.25) is 5.91 Å². The Labute approximate surface area is 201 Å².